The van der Waals surface area contributed by atoms with E-state index in [2.05, 4.69) is 225 Å². The van der Waals surface area contributed by atoms with Crippen LogP contribution in [0.25, 0.3) is 44.5 Å². The summed E-state index contributed by atoms with van der Waals surface area (Å²) < 4.78 is 14.0. The highest BCUT2D eigenvalue weighted by Gasteiger charge is 2.47. The van der Waals surface area contributed by atoms with Gasteiger partial charge in [0.05, 0.1) is 11.4 Å². The molecule has 0 fully saturated rings. The lowest BCUT2D eigenvalue weighted by Gasteiger charge is -2.47. The number of anilines is 6. The van der Waals surface area contributed by atoms with Gasteiger partial charge in [0, 0.05) is 67.3 Å². The van der Waals surface area contributed by atoms with E-state index >= 15 is 0 Å². The van der Waals surface area contributed by atoms with Crippen molar-refractivity contribution in [2.24, 2.45) is 0 Å². The highest BCUT2D eigenvalue weighted by atomic mass is 16.5. The van der Waals surface area contributed by atoms with E-state index in [1.807, 2.05) is 0 Å². The van der Waals surface area contributed by atoms with Gasteiger partial charge < -0.3 is 19.3 Å². The van der Waals surface area contributed by atoms with Crippen molar-refractivity contribution in [3.8, 4) is 67.5 Å². The van der Waals surface area contributed by atoms with E-state index in [9.17, 15) is 0 Å². The fourth-order valence-electron chi connectivity index (χ4n) is 10.6. The van der Waals surface area contributed by atoms with Gasteiger partial charge in [-0.1, -0.05) is 166 Å². The third-order valence-electron chi connectivity index (χ3n) is 13.4. The van der Waals surface area contributed by atoms with Crippen LogP contribution in [0.3, 0.4) is 0 Å². The van der Waals surface area contributed by atoms with Crippen molar-refractivity contribution in [3.63, 3.8) is 0 Å². The van der Waals surface area contributed by atoms with Crippen LogP contribution in [0.2, 0.25) is 0 Å². The lowest BCUT2D eigenvalue weighted by molar-refractivity contribution is 0.486. The topological polar surface area (TPSA) is 24.9 Å². The van der Waals surface area contributed by atoms with Crippen molar-refractivity contribution in [2.45, 2.75) is 26.2 Å². The van der Waals surface area contributed by atoms with Gasteiger partial charge in [0.25, 0.3) is 6.71 Å². The second-order valence-electron chi connectivity index (χ2n) is 18.0. The van der Waals surface area contributed by atoms with Gasteiger partial charge in [0.15, 0.2) is 0 Å². The van der Waals surface area contributed by atoms with Gasteiger partial charge in [-0.2, -0.15) is 0 Å². The highest BCUT2D eigenvalue weighted by Crippen LogP contribution is 2.56. The predicted molar refractivity (Wildman–Crippen MR) is 261 cm³/mol. The van der Waals surface area contributed by atoms with E-state index in [-0.39, 0.29) is 12.1 Å². The molecule has 0 amide bonds. The molecule has 0 saturated carbocycles. The standard InChI is InChI=1S/C58H41BN2O2/c1-58(2,3)36-34-49-55-50(35-36)61-48-29-11-5-19-38(48)40-21-7-13-31-52(40)63-54-33-15-9-23-42(54)44-25-17-27-46(57(44)61)59(55)45-26-16-24-43-41-22-8-14-32-53(41)62-51-30-12-6-20-39(51)37-18-4-10-28-47(37)60(49)56(43)45/h4-35H,1-3H3. The van der Waals surface area contributed by atoms with Crippen LogP contribution in [0.15, 0.2) is 194 Å². The van der Waals surface area contributed by atoms with Gasteiger partial charge in [0.2, 0.25) is 0 Å². The Kier molecular flexibility index (Phi) is 7.63. The van der Waals surface area contributed by atoms with Crippen LogP contribution in [0, 0.1) is 0 Å². The summed E-state index contributed by atoms with van der Waals surface area (Å²) in [6.45, 7) is 6.91. The molecule has 5 heteroatoms. The van der Waals surface area contributed by atoms with Gasteiger partial charge >= 0.3 is 0 Å². The minimum absolute atomic E-state index is 0.104. The first-order valence-corrected chi connectivity index (χ1v) is 21.9. The van der Waals surface area contributed by atoms with Crippen molar-refractivity contribution in [1.82, 2.24) is 0 Å². The molecule has 0 atom stereocenters. The maximum absolute atomic E-state index is 6.99. The third-order valence-corrected chi connectivity index (χ3v) is 13.4. The zero-order valence-corrected chi connectivity index (χ0v) is 35.3. The number of nitrogens with zero attached hydrogens (tertiary/aromatic N) is 2. The lowest BCUT2D eigenvalue weighted by atomic mass is 9.33. The predicted octanol–water partition coefficient (Wildman–Crippen LogP) is 13.9. The minimum Gasteiger partial charge on any atom is -0.456 e. The number of hydrogen-bond donors (Lipinski definition) is 0. The SMILES string of the molecule is CC(C)(C)c1cc2c3c(c1)N1c4ccccc4-c4ccccc4Oc4ccccc4-c4cccc(c41)B3c1cccc3c1N2c1ccccc1-c1ccccc1Oc1ccccc1-3. The summed E-state index contributed by atoms with van der Waals surface area (Å²) in [7, 11) is 0. The molecule has 9 aromatic carbocycles. The van der Waals surface area contributed by atoms with Crippen molar-refractivity contribution in [3.05, 3.63) is 200 Å². The van der Waals surface area contributed by atoms with Crippen LogP contribution in [-0.2, 0) is 5.41 Å². The number of ether oxygens (including phenoxy) is 2. The number of rotatable bonds is 0. The van der Waals surface area contributed by atoms with E-state index in [1.165, 1.54) is 44.7 Å². The van der Waals surface area contributed by atoms with Gasteiger partial charge in [0.1, 0.15) is 23.0 Å². The fourth-order valence-corrected chi connectivity index (χ4v) is 10.6. The van der Waals surface area contributed by atoms with E-state index in [0.717, 1.165) is 78.9 Å². The van der Waals surface area contributed by atoms with E-state index < -0.39 is 0 Å². The third kappa shape index (κ3) is 5.23. The molecule has 13 rings (SSSR count). The molecule has 0 bridgehead atoms. The first-order valence-electron chi connectivity index (χ1n) is 21.9. The Balaban J connectivity index is 1.23. The smallest absolute Gasteiger partial charge is 0.252 e. The van der Waals surface area contributed by atoms with Crippen molar-refractivity contribution >= 4 is 57.2 Å². The van der Waals surface area contributed by atoms with E-state index in [1.54, 1.807) is 0 Å². The summed E-state index contributed by atoms with van der Waals surface area (Å²) in [6.07, 6.45) is 0. The fraction of sp³-hybridized carbons (Fsp3) is 0.0690. The summed E-state index contributed by atoms with van der Waals surface area (Å²) >= 11 is 0. The Morgan fingerprint density at radius 3 is 1.08 bits per heavy atom. The van der Waals surface area contributed by atoms with E-state index in [0.29, 0.717) is 0 Å². The maximum atomic E-state index is 6.99. The number of para-hydroxylation sites is 8. The Hall–Kier alpha value is -7.76. The van der Waals surface area contributed by atoms with Gasteiger partial charge in [-0.25, -0.2) is 0 Å². The minimum atomic E-state index is -0.187. The van der Waals surface area contributed by atoms with Crippen molar-refractivity contribution in [2.75, 3.05) is 9.80 Å². The molecule has 4 nitrogen and oxygen atoms in total. The number of hydrogen-bond acceptors (Lipinski definition) is 4. The second-order valence-corrected chi connectivity index (χ2v) is 18.0. The molecule has 9 aromatic rings. The van der Waals surface area contributed by atoms with Crippen LogP contribution in [0.1, 0.15) is 26.3 Å². The summed E-state index contributed by atoms with van der Waals surface area (Å²) in [5.41, 5.74) is 20.4. The van der Waals surface area contributed by atoms with Crippen molar-refractivity contribution < 1.29 is 9.47 Å². The Morgan fingerprint density at radius 1 is 0.349 bits per heavy atom. The Morgan fingerprint density at radius 2 is 0.683 bits per heavy atom. The molecule has 0 aliphatic carbocycles. The molecule has 0 aromatic heterocycles. The van der Waals surface area contributed by atoms with Crippen LogP contribution in [0.4, 0.5) is 34.1 Å². The van der Waals surface area contributed by atoms with Crippen molar-refractivity contribution in [1.29, 1.82) is 0 Å². The summed E-state index contributed by atoms with van der Waals surface area (Å²) in [6, 6.07) is 70.5. The molecule has 4 aliphatic rings. The maximum Gasteiger partial charge on any atom is 0.252 e. The molecule has 63 heavy (non-hydrogen) atoms. The Labute approximate surface area is 368 Å². The summed E-state index contributed by atoms with van der Waals surface area (Å²) in [5.74, 6) is 3.31. The molecule has 4 aliphatic heterocycles. The average Bonchev–Trinajstić information content (AvgIpc) is 3.31. The molecule has 0 unspecified atom stereocenters. The number of benzene rings is 9. The molecule has 298 valence electrons. The first-order chi connectivity index (χ1) is 30.9. The molecular formula is C58H41BN2O2. The highest BCUT2D eigenvalue weighted by molar-refractivity contribution is 7.00. The lowest BCUT2D eigenvalue weighted by Crippen LogP contribution is -2.61. The molecule has 0 radical (unpaired) electrons. The largest absolute Gasteiger partial charge is 0.456 e. The van der Waals surface area contributed by atoms with Crippen LogP contribution in [0.5, 0.6) is 23.0 Å². The van der Waals surface area contributed by atoms with E-state index in [4.69, 9.17) is 9.47 Å². The quantitative estimate of drug-likeness (QED) is 0.143. The molecule has 0 saturated heterocycles. The van der Waals surface area contributed by atoms with Crippen LogP contribution in [-0.4, -0.2) is 6.71 Å². The monoisotopic (exact) mass is 808 g/mol. The zero-order chi connectivity index (χ0) is 42.0. The Bertz CT molecular complexity index is 3170. The zero-order valence-electron chi connectivity index (χ0n) is 35.3. The van der Waals surface area contributed by atoms with Gasteiger partial charge in [-0.3, -0.25) is 0 Å². The molecular weight excluding hydrogens is 767 g/mol. The normalized spacial score (nSPS) is 13.5. The van der Waals surface area contributed by atoms with Crippen LogP contribution < -0.4 is 35.7 Å². The van der Waals surface area contributed by atoms with Gasteiger partial charge in [-0.15, -0.1) is 0 Å². The van der Waals surface area contributed by atoms with Gasteiger partial charge in [-0.05, 0) is 75.9 Å². The summed E-state index contributed by atoms with van der Waals surface area (Å²) in [5, 5.41) is 0. The average molecular weight is 809 g/mol. The summed E-state index contributed by atoms with van der Waals surface area (Å²) in [4.78, 5) is 5.17. The molecule has 0 N–H and O–H groups in total. The van der Waals surface area contributed by atoms with Crippen LogP contribution >= 0.6 is 0 Å². The number of fused-ring (bicyclic) bond motifs is 16. The second kappa shape index (κ2) is 13.4. The molecule has 0 spiro atoms. The molecule has 4 heterocycles. The first kappa shape index (κ1) is 35.9.